The van der Waals surface area contributed by atoms with E-state index in [2.05, 4.69) is 12.1 Å². The molecule has 0 saturated carbocycles. The van der Waals surface area contributed by atoms with Crippen LogP contribution in [0.1, 0.15) is 59.3 Å². The van der Waals surface area contributed by atoms with Crippen molar-refractivity contribution in [3.05, 3.63) is 0 Å². The summed E-state index contributed by atoms with van der Waals surface area (Å²) in [7, 11) is 0. The average Bonchev–Trinajstić information content (AvgIpc) is 2.94. The Bertz CT molecular complexity index is 349. The molecule has 1 unspecified atom stereocenters. The first-order valence-electron chi connectivity index (χ1n) is 7.83. The van der Waals surface area contributed by atoms with Crippen LogP contribution in [0.3, 0.4) is 0 Å². The van der Waals surface area contributed by atoms with Gasteiger partial charge in [-0.05, 0) is 25.2 Å². The third-order valence-corrected chi connectivity index (χ3v) is 4.51. The van der Waals surface area contributed by atoms with Gasteiger partial charge >= 0.3 is 0 Å². The fourth-order valence-electron chi connectivity index (χ4n) is 3.31. The Morgan fingerprint density at radius 3 is 2.35 bits per heavy atom. The fraction of sp³-hybridized carbons (Fsp3) is 0.867. The Morgan fingerprint density at radius 2 is 1.95 bits per heavy atom. The van der Waals surface area contributed by atoms with E-state index in [0.717, 1.165) is 38.8 Å². The van der Waals surface area contributed by atoms with Gasteiger partial charge in [-0.15, -0.1) is 0 Å². The highest BCUT2D eigenvalue weighted by Gasteiger charge is 2.45. The highest BCUT2D eigenvalue weighted by atomic mass is 16.4. The van der Waals surface area contributed by atoms with E-state index in [1.807, 2.05) is 18.7 Å². The second-order valence-corrected chi connectivity index (χ2v) is 5.88. The molecule has 20 heavy (non-hydrogen) atoms. The number of hydrogen-bond donors (Lipinski definition) is 2. The minimum Gasteiger partial charge on any atom is -0.409 e. The van der Waals surface area contributed by atoms with Gasteiger partial charge in [0.25, 0.3) is 0 Å². The maximum Gasteiger partial charge on any atom is 0.236 e. The average molecular weight is 283 g/mol. The van der Waals surface area contributed by atoms with Crippen LogP contribution in [0.25, 0.3) is 0 Å². The van der Waals surface area contributed by atoms with Gasteiger partial charge in [0.05, 0.1) is 0 Å². The number of rotatable bonds is 7. The van der Waals surface area contributed by atoms with Gasteiger partial charge in [0, 0.05) is 13.1 Å². The van der Waals surface area contributed by atoms with Crippen LogP contribution in [0.2, 0.25) is 0 Å². The van der Waals surface area contributed by atoms with Crippen LogP contribution in [0.5, 0.6) is 0 Å². The molecule has 1 rings (SSSR count). The molecule has 3 N–H and O–H groups in total. The zero-order chi connectivity index (χ0) is 15.2. The Balaban J connectivity index is 3.00. The molecule has 1 aliphatic heterocycles. The standard InChI is InChI=1S/C15H29N3O2/c1-4-8-15(9-5-2,13(16)17-20)14(19)18-10-7-12(6-3)11-18/h12,20H,4-11H2,1-3H3,(H2,16,17). The largest absolute Gasteiger partial charge is 0.409 e. The van der Waals surface area contributed by atoms with E-state index in [1.54, 1.807) is 0 Å². The first kappa shape index (κ1) is 16.8. The zero-order valence-electron chi connectivity index (χ0n) is 13.1. The van der Waals surface area contributed by atoms with Gasteiger partial charge in [-0.25, -0.2) is 0 Å². The molecule has 5 heteroatoms. The molecule has 1 saturated heterocycles. The summed E-state index contributed by atoms with van der Waals surface area (Å²) in [4.78, 5) is 14.9. The van der Waals surface area contributed by atoms with Gasteiger partial charge in [-0.2, -0.15) is 0 Å². The smallest absolute Gasteiger partial charge is 0.236 e. The van der Waals surface area contributed by atoms with E-state index in [1.165, 1.54) is 0 Å². The van der Waals surface area contributed by atoms with Crippen molar-refractivity contribution >= 4 is 11.7 Å². The Labute approximate surface area is 122 Å². The molecule has 0 aliphatic carbocycles. The topological polar surface area (TPSA) is 78.9 Å². The lowest BCUT2D eigenvalue weighted by Gasteiger charge is -2.34. The van der Waals surface area contributed by atoms with Crippen molar-refractivity contribution in [2.24, 2.45) is 22.2 Å². The van der Waals surface area contributed by atoms with Crippen LogP contribution in [0.4, 0.5) is 0 Å². The van der Waals surface area contributed by atoms with E-state index >= 15 is 0 Å². The highest BCUT2D eigenvalue weighted by Crippen LogP contribution is 2.35. The molecule has 0 aromatic rings. The minimum atomic E-state index is -0.819. The van der Waals surface area contributed by atoms with Gasteiger partial charge in [0.2, 0.25) is 5.91 Å². The Hall–Kier alpha value is -1.26. The number of amidine groups is 1. The van der Waals surface area contributed by atoms with Crippen LogP contribution in [0.15, 0.2) is 5.16 Å². The van der Waals surface area contributed by atoms with Gasteiger partial charge in [-0.1, -0.05) is 45.2 Å². The molecule has 1 fully saturated rings. The molecule has 1 amide bonds. The molecule has 0 spiro atoms. The lowest BCUT2D eigenvalue weighted by Crippen LogP contribution is -2.51. The van der Waals surface area contributed by atoms with Crippen molar-refractivity contribution in [3.63, 3.8) is 0 Å². The highest BCUT2D eigenvalue weighted by molar-refractivity contribution is 6.06. The molecule has 1 heterocycles. The summed E-state index contributed by atoms with van der Waals surface area (Å²) in [6, 6.07) is 0. The van der Waals surface area contributed by atoms with Gasteiger partial charge in [-0.3, -0.25) is 4.79 Å². The Morgan fingerprint density at radius 1 is 1.35 bits per heavy atom. The molecule has 0 radical (unpaired) electrons. The first-order chi connectivity index (χ1) is 9.55. The SMILES string of the molecule is CCCC(CCC)(C(=O)N1CCC(CC)C1)C(N)=NO. The van der Waals surface area contributed by atoms with Crippen LogP contribution in [0, 0.1) is 11.3 Å². The number of nitrogens with zero attached hydrogens (tertiary/aromatic N) is 2. The monoisotopic (exact) mass is 283 g/mol. The van der Waals surface area contributed by atoms with Crippen LogP contribution in [-0.4, -0.2) is 34.9 Å². The van der Waals surface area contributed by atoms with Crippen molar-refractivity contribution in [3.8, 4) is 0 Å². The molecular weight excluding hydrogens is 254 g/mol. The fourth-order valence-corrected chi connectivity index (χ4v) is 3.31. The summed E-state index contributed by atoms with van der Waals surface area (Å²) in [5.74, 6) is 0.714. The zero-order valence-corrected chi connectivity index (χ0v) is 13.1. The van der Waals surface area contributed by atoms with Crippen molar-refractivity contribution in [2.75, 3.05) is 13.1 Å². The van der Waals surface area contributed by atoms with Crippen LogP contribution < -0.4 is 5.73 Å². The number of likely N-dealkylation sites (tertiary alicyclic amines) is 1. The first-order valence-corrected chi connectivity index (χ1v) is 7.83. The van der Waals surface area contributed by atoms with Crippen LogP contribution >= 0.6 is 0 Å². The minimum absolute atomic E-state index is 0.0486. The molecule has 0 bridgehead atoms. The lowest BCUT2D eigenvalue weighted by molar-refractivity contribution is -0.138. The summed E-state index contributed by atoms with van der Waals surface area (Å²) in [5.41, 5.74) is 5.09. The Kier molecular flexibility index (Phi) is 6.30. The second-order valence-electron chi connectivity index (χ2n) is 5.88. The summed E-state index contributed by atoms with van der Waals surface area (Å²) in [5, 5.41) is 12.3. The number of hydrogen-bond acceptors (Lipinski definition) is 3. The molecule has 0 aromatic heterocycles. The third kappa shape index (κ3) is 3.25. The van der Waals surface area contributed by atoms with Gasteiger partial charge < -0.3 is 15.8 Å². The summed E-state index contributed by atoms with van der Waals surface area (Å²) in [6.45, 7) is 7.82. The summed E-state index contributed by atoms with van der Waals surface area (Å²) in [6.07, 6.45) is 5.13. The van der Waals surface area contributed by atoms with E-state index in [0.29, 0.717) is 18.8 Å². The van der Waals surface area contributed by atoms with Gasteiger partial charge in [0.15, 0.2) is 5.84 Å². The van der Waals surface area contributed by atoms with E-state index < -0.39 is 5.41 Å². The summed E-state index contributed by atoms with van der Waals surface area (Å²) < 4.78 is 0. The van der Waals surface area contributed by atoms with Gasteiger partial charge in [0.1, 0.15) is 5.41 Å². The molecule has 5 nitrogen and oxygen atoms in total. The third-order valence-electron chi connectivity index (χ3n) is 4.51. The predicted molar refractivity (Wildman–Crippen MR) is 80.6 cm³/mol. The van der Waals surface area contributed by atoms with Crippen molar-refractivity contribution in [1.82, 2.24) is 4.90 Å². The second kappa shape index (κ2) is 7.50. The predicted octanol–water partition coefficient (Wildman–Crippen LogP) is 2.58. The van der Waals surface area contributed by atoms with Crippen molar-refractivity contribution in [1.29, 1.82) is 0 Å². The molecular formula is C15H29N3O2. The lowest BCUT2D eigenvalue weighted by atomic mass is 9.76. The number of carbonyl (C=O) groups excluding carboxylic acids is 1. The quantitative estimate of drug-likeness (QED) is 0.326. The van der Waals surface area contributed by atoms with Crippen molar-refractivity contribution < 1.29 is 10.0 Å². The number of carbonyl (C=O) groups is 1. The number of nitrogens with two attached hydrogens (primary N) is 1. The maximum atomic E-state index is 13.0. The molecule has 1 aliphatic rings. The summed E-state index contributed by atoms with van der Waals surface area (Å²) >= 11 is 0. The van der Waals surface area contributed by atoms with E-state index in [4.69, 9.17) is 10.9 Å². The molecule has 116 valence electrons. The van der Waals surface area contributed by atoms with E-state index in [9.17, 15) is 4.79 Å². The van der Waals surface area contributed by atoms with Crippen molar-refractivity contribution in [2.45, 2.75) is 59.3 Å². The molecule has 1 atom stereocenters. The van der Waals surface area contributed by atoms with E-state index in [-0.39, 0.29) is 11.7 Å². The molecule has 0 aromatic carbocycles. The normalized spacial score (nSPS) is 20.4. The van der Waals surface area contributed by atoms with Crippen LogP contribution in [-0.2, 0) is 4.79 Å². The number of amides is 1. The maximum absolute atomic E-state index is 13.0. The number of oxime groups is 1.